The Morgan fingerprint density at radius 3 is 2.75 bits per heavy atom. The van der Waals surface area contributed by atoms with E-state index in [4.69, 9.17) is 10.7 Å². The molecule has 2 N–H and O–H groups in total. The third-order valence-corrected chi connectivity index (χ3v) is 5.08. The van der Waals surface area contributed by atoms with Gasteiger partial charge in [-0.1, -0.05) is 19.3 Å². The summed E-state index contributed by atoms with van der Waals surface area (Å²) in [7, 11) is 0. The molecule has 4 nitrogen and oxygen atoms in total. The molecule has 2 aliphatic rings. The van der Waals surface area contributed by atoms with Gasteiger partial charge in [0.2, 0.25) is 0 Å². The normalized spacial score (nSPS) is 22.2. The molecule has 0 spiro atoms. The summed E-state index contributed by atoms with van der Waals surface area (Å²) in [6.07, 6.45) is 12.6. The highest BCUT2D eigenvalue weighted by Crippen LogP contribution is 2.45. The van der Waals surface area contributed by atoms with Crippen molar-refractivity contribution in [3.63, 3.8) is 0 Å². The molecule has 20 heavy (non-hydrogen) atoms. The molecule has 2 aromatic rings. The second-order valence-corrected chi connectivity index (χ2v) is 6.45. The number of pyridine rings is 1. The van der Waals surface area contributed by atoms with Crippen LogP contribution in [0.2, 0.25) is 0 Å². The average molecular weight is 270 g/mol. The van der Waals surface area contributed by atoms with Crippen molar-refractivity contribution in [2.24, 2.45) is 5.73 Å². The number of aromatic nitrogens is 3. The van der Waals surface area contributed by atoms with Crippen molar-refractivity contribution in [3.8, 4) is 0 Å². The summed E-state index contributed by atoms with van der Waals surface area (Å²) in [6, 6.07) is 2.75. The molecule has 2 fully saturated rings. The first-order chi connectivity index (χ1) is 9.84. The molecular weight excluding hydrogens is 248 g/mol. The smallest absolute Gasteiger partial charge is 0.117 e. The van der Waals surface area contributed by atoms with Gasteiger partial charge < -0.3 is 10.3 Å². The van der Waals surface area contributed by atoms with Crippen molar-refractivity contribution in [1.82, 2.24) is 14.5 Å². The van der Waals surface area contributed by atoms with E-state index in [-0.39, 0.29) is 5.41 Å². The van der Waals surface area contributed by atoms with Gasteiger partial charge in [-0.2, -0.15) is 0 Å². The number of fused-ring (bicyclic) bond motifs is 1. The van der Waals surface area contributed by atoms with Gasteiger partial charge in [0.15, 0.2) is 0 Å². The van der Waals surface area contributed by atoms with E-state index in [2.05, 4.69) is 15.6 Å². The summed E-state index contributed by atoms with van der Waals surface area (Å²) >= 11 is 0. The van der Waals surface area contributed by atoms with Gasteiger partial charge in [0.25, 0.3) is 0 Å². The third kappa shape index (κ3) is 1.78. The summed E-state index contributed by atoms with van der Waals surface area (Å²) < 4.78 is 2.48. The summed E-state index contributed by atoms with van der Waals surface area (Å²) in [5.74, 6) is 1.24. The highest BCUT2D eigenvalue weighted by molar-refractivity contribution is 5.75. The van der Waals surface area contributed by atoms with Crippen LogP contribution in [0.4, 0.5) is 0 Å². The minimum Gasteiger partial charge on any atom is -0.329 e. The Morgan fingerprint density at radius 1 is 1.25 bits per heavy atom. The van der Waals surface area contributed by atoms with E-state index in [1.807, 2.05) is 12.4 Å². The lowest BCUT2D eigenvalue weighted by Gasteiger charge is -2.36. The Hall–Kier alpha value is -1.42. The summed E-state index contributed by atoms with van der Waals surface area (Å²) in [5, 5.41) is 0. The minimum absolute atomic E-state index is 0.0971. The monoisotopic (exact) mass is 270 g/mol. The fourth-order valence-corrected chi connectivity index (χ4v) is 3.77. The molecule has 0 unspecified atom stereocenters. The zero-order chi connectivity index (χ0) is 13.6. The zero-order valence-electron chi connectivity index (χ0n) is 11.9. The van der Waals surface area contributed by atoms with Gasteiger partial charge in [0.1, 0.15) is 11.3 Å². The van der Waals surface area contributed by atoms with E-state index >= 15 is 0 Å². The van der Waals surface area contributed by atoms with Crippen LogP contribution in [-0.2, 0) is 5.41 Å². The third-order valence-electron chi connectivity index (χ3n) is 5.08. The predicted molar refractivity (Wildman–Crippen MR) is 79.6 cm³/mol. The van der Waals surface area contributed by atoms with Crippen LogP contribution in [-0.4, -0.2) is 21.1 Å². The summed E-state index contributed by atoms with van der Waals surface area (Å²) in [5.41, 5.74) is 8.59. The van der Waals surface area contributed by atoms with Crippen LogP contribution in [0, 0.1) is 0 Å². The van der Waals surface area contributed by atoms with Crippen LogP contribution in [0.15, 0.2) is 18.5 Å². The second-order valence-electron chi connectivity index (χ2n) is 6.45. The Labute approximate surface area is 119 Å². The highest BCUT2D eigenvalue weighted by atomic mass is 15.1. The molecule has 0 bridgehead atoms. The topological polar surface area (TPSA) is 56.7 Å². The van der Waals surface area contributed by atoms with Crippen LogP contribution in [0.3, 0.4) is 0 Å². The number of imidazole rings is 1. The van der Waals surface area contributed by atoms with Crippen LogP contribution < -0.4 is 5.73 Å². The predicted octanol–water partition coefficient (Wildman–Crippen LogP) is 2.93. The first-order valence-corrected chi connectivity index (χ1v) is 7.87. The van der Waals surface area contributed by atoms with Crippen molar-refractivity contribution in [3.05, 3.63) is 24.3 Å². The molecule has 0 saturated heterocycles. The van der Waals surface area contributed by atoms with Crippen molar-refractivity contribution >= 4 is 11.0 Å². The van der Waals surface area contributed by atoms with E-state index < -0.39 is 0 Å². The van der Waals surface area contributed by atoms with E-state index in [9.17, 15) is 0 Å². The molecule has 0 aromatic carbocycles. The van der Waals surface area contributed by atoms with E-state index in [0.717, 1.165) is 12.1 Å². The number of nitrogens with zero attached hydrogens (tertiary/aromatic N) is 3. The van der Waals surface area contributed by atoms with Crippen LogP contribution in [0.1, 0.15) is 56.8 Å². The number of hydrogen-bond acceptors (Lipinski definition) is 3. The maximum absolute atomic E-state index is 6.21. The van der Waals surface area contributed by atoms with Gasteiger partial charge >= 0.3 is 0 Å². The molecule has 0 amide bonds. The number of rotatable bonds is 3. The molecule has 4 heteroatoms. The first kappa shape index (κ1) is 12.3. The van der Waals surface area contributed by atoms with Crippen LogP contribution in [0.25, 0.3) is 11.0 Å². The lowest BCUT2D eigenvalue weighted by molar-refractivity contribution is 0.278. The van der Waals surface area contributed by atoms with Gasteiger partial charge in [-0.05, 0) is 31.7 Å². The lowest BCUT2D eigenvalue weighted by Crippen LogP contribution is -2.39. The van der Waals surface area contributed by atoms with Gasteiger partial charge in [-0.15, -0.1) is 0 Å². The van der Waals surface area contributed by atoms with E-state index in [1.165, 1.54) is 56.3 Å². The number of hydrogen-bond donors (Lipinski definition) is 1. The number of nitrogens with two attached hydrogens (primary N) is 1. The second kappa shape index (κ2) is 4.55. The Bertz CT molecular complexity index is 620. The van der Waals surface area contributed by atoms with Crippen molar-refractivity contribution in [1.29, 1.82) is 0 Å². The van der Waals surface area contributed by atoms with Crippen LogP contribution in [0.5, 0.6) is 0 Å². The molecular formula is C16H22N4. The fraction of sp³-hybridized carbons (Fsp3) is 0.625. The molecule has 4 rings (SSSR count). The minimum atomic E-state index is 0.0971. The molecule has 106 valence electrons. The molecule has 0 aliphatic heterocycles. The standard InChI is InChI=1S/C16H22N4/c17-11-16(7-2-1-3-8-16)15-19-13-10-18-9-6-14(13)20(15)12-4-5-12/h6,9-10,12H,1-5,7-8,11,17H2. The molecule has 2 heterocycles. The van der Waals surface area contributed by atoms with Crippen molar-refractivity contribution in [2.45, 2.75) is 56.4 Å². The van der Waals surface area contributed by atoms with Gasteiger partial charge in [-0.3, -0.25) is 4.98 Å². The van der Waals surface area contributed by atoms with E-state index in [0.29, 0.717) is 6.04 Å². The zero-order valence-corrected chi connectivity index (χ0v) is 11.9. The lowest BCUT2D eigenvalue weighted by atomic mass is 9.73. The van der Waals surface area contributed by atoms with Gasteiger partial charge in [-0.25, -0.2) is 4.98 Å². The molecule has 0 radical (unpaired) electrons. The van der Waals surface area contributed by atoms with Crippen molar-refractivity contribution in [2.75, 3.05) is 6.54 Å². The summed E-state index contributed by atoms with van der Waals surface area (Å²) in [6.45, 7) is 0.719. The average Bonchev–Trinajstić information content (AvgIpc) is 3.27. The molecule has 0 atom stereocenters. The van der Waals surface area contributed by atoms with Gasteiger partial charge in [0.05, 0.1) is 11.7 Å². The highest BCUT2D eigenvalue weighted by Gasteiger charge is 2.40. The fourth-order valence-electron chi connectivity index (χ4n) is 3.77. The first-order valence-electron chi connectivity index (χ1n) is 7.87. The van der Waals surface area contributed by atoms with Gasteiger partial charge in [0, 0.05) is 24.2 Å². The Balaban J connectivity index is 1.91. The quantitative estimate of drug-likeness (QED) is 0.933. The van der Waals surface area contributed by atoms with E-state index in [1.54, 1.807) is 0 Å². The maximum Gasteiger partial charge on any atom is 0.117 e. The molecule has 2 saturated carbocycles. The largest absolute Gasteiger partial charge is 0.329 e. The Kier molecular flexibility index (Phi) is 2.81. The molecule has 2 aromatic heterocycles. The SMILES string of the molecule is NCC1(c2nc3cnccc3n2C2CC2)CCCCC1. The Morgan fingerprint density at radius 2 is 2.05 bits per heavy atom. The van der Waals surface area contributed by atoms with Crippen LogP contribution >= 0.6 is 0 Å². The van der Waals surface area contributed by atoms with Crippen molar-refractivity contribution < 1.29 is 0 Å². The molecule has 2 aliphatic carbocycles. The maximum atomic E-state index is 6.21. The summed E-state index contributed by atoms with van der Waals surface area (Å²) in [4.78, 5) is 9.19.